The van der Waals surface area contributed by atoms with Crippen molar-refractivity contribution in [1.82, 2.24) is 15.6 Å². The van der Waals surface area contributed by atoms with Crippen LogP contribution in [-0.4, -0.2) is 62.5 Å². The summed E-state index contributed by atoms with van der Waals surface area (Å²) in [6.45, 7) is 16.2. The van der Waals surface area contributed by atoms with Crippen LogP contribution in [-0.2, 0) is 16.0 Å². The molecule has 1 saturated heterocycles. The lowest BCUT2D eigenvalue weighted by molar-refractivity contribution is 0.0258. The number of ether oxygens (including phenoxy) is 2. The third kappa shape index (κ3) is 9.34. The zero-order valence-corrected chi connectivity index (χ0v) is 21.5. The predicted octanol–water partition coefficient (Wildman–Crippen LogP) is 3.43. The fourth-order valence-electron chi connectivity index (χ4n) is 3.43. The molecule has 0 aliphatic carbocycles. The van der Waals surface area contributed by atoms with Gasteiger partial charge in [0.15, 0.2) is 5.96 Å². The highest BCUT2D eigenvalue weighted by atomic mass is 127. The summed E-state index contributed by atoms with van der Waals surface area (Å²) < 4.78 is 11.5. The maximum atomic E-state index is 5.83. The van der Waals surface area contributed by atoms with Crippen molar-refractivity contribution in [2.45, 2.75) is 59.8 Å². The van der Waals surface area contributed by atoms with Gasteiger partial charge in [-0.15, -0.1) is 24.0 Å². The first kappa shape index (κ1) is 26.9. The average molecular weight is 533 g/mol. The summed E-state index contributed by atoms with van der Waals surface area (Å²) in [5.74, 6) is 2.35. The number of aliphatic imine (C=N–C) groups is 1. The van der Waals surface area contributed by atoms with E-state index in [0.29, 0.717) is 12.5 Å². The van der Waals surface area contributed by atoms with Crippen molar-refractivity contribution in [2.75, 3.05) is 44.3 Å². The van der Waals surface area contributed by atoms with Crippen molar-refractivity contribution >= 4 is 35.8 Å². The Labute approximate surface area is 199 Å². The van der Waals surface area contributed by atoms with Crippen molar-refractivity contribution in [2.24, 2.45) is 10.9 Å². The number of rotatable bonds is 10. The first-order valence-corrected chi connectivity index (χ1v) is 11.0. The summed E-state index contributed by atoms with van der Waals surface area (Å²) in [6, 6.07) is 4.17. The number of hydrogen-bond acceptors (Lipinski definition) is 5. The number of anilines is 1. The van der Waals surface area contributed by atoms with Crippen molar-refractivity contribution in [3.63, 3.8) is 0 Å². The number of halogens is 1. The molecule has 0 amide bonds. The number of guanidine groups is 1. The Morgan fingerprint density at radius 2 is 2.17 bits per heavy atom. The van der Waals surface area contributed by atoms with Gasteiger partial charge in [0.1, 0.15) is 5.82 Å². The van der Waals surface area contributed by atoms with Crippen LogP contribution in [0.2, 0.25) is 0 Å². The van der Waals surface area contributed by atoms with Gasteiger partial charge in [0.25, 0.3) is 0 Å². The average Bonchev–Trinajstić information content (AvgIpc) is 2.71. The summed E-state index contributed by atoms with van der Waals surface area (Å²) in [5, 5.41) is 6.76. The Balaban J connectivity index is 0.00000450. The monoisotopic (exact) mass is 533 g/mol. The molecule has 2 N–H and O–H groups in total. The molecule has 2 unspecified atom stereocenters. The van der Waals surface area contributed by atoms with E-state index >= 15 is 0 Å². The maximum absolute atomic E-state index is 5.83. The normalized spacial score (nSPS) is 18.1. The van der Waals surface area contributed by atoms with Gasteiger partial charge < -0.3 is 25.0 Å². The zero-order chi connectivity index (χ0) is 21.1. The first-order chi connectivity index (χ1) is 14.0. The van der Waals surface area contributed by atoms with Gasteiger partial charge in [-0.25, -0.2) is 9.98 Å². The molecule has 1 aromatic rings. The van der Waals surface area contributed by atoms with Crippen molar-refractivity contribution in [1.29, 1.82) is 0 Å². The van der Waals surface area contributed by atoms with E-state index in [1.54, 1.807) is 0 Å². The van der Waals surface area contributed by atoms with E-state index in [4.69, 9.17) is 14.5 Å². The minimum absolute atomic E-state index is 0. The Bertz CT molecular complexity index is 629. The Morgan fingerprint density at radius 1 is 1.37 bits per heavy atom. The number of morpholine rings is 1. The van der Waals surface area contributed by atoms with Gasteiger partial charge >= 0.3 is 0 Å². The smallest absolute Gasteiger partial charge is 0.191 e. The van der Waals surface area contributed by atoms with Gasteiger partial charge in [-0.1, -0.05) is 13.8 Å². The quantitative estimate of drug-likeness (QED) is 0.273. The summed E-state index contributed by atoms with van der Waals surface area (Å²) in [4.78, 5) is 11.6. The summed E-state index contributed by atoms with van der Waals surface area (Å²) >= 11 is 0. The highest BCUT2D eigenvalue weighted by Crippen LogP contribution is 2.17. The molecule has 1 aliphatic heterocycles. The zero-order valence-electron chi connectivity index (χ0n) is 19.2. The van der Waals surface area contributed by atoms with Crippen LogP contribution >= 0.6 is 24.0 Å². The molecule has 7 nitrogen and oxygen atoms in total. The second kappa shape index (κ2) is 14.8. The van der Waals surface area contributed by atoms with Crippen LogP contribution in [0.4, 0.5) is 5.82 Å². The summed E-state index contributed by atoms with van der Waals surface area (Å²) in [5.41, 5.74) is 1.15. The van der Waals surface area contributed by atoms with Crippen LogP contribution in [0, 0.1) is 5.92 Å². The number of pyridine rings is 1. The van der Waals surface area contributed by atoms with Gasteiger partial charge in [-0.3, -0.25) is 0 Å². The topological polar surface area (TPSA) is 71.0 Å². The Morgan fingerprint density at radius 3 is 2.83 bits per heavy atom. The van der Waals surface area contributed by atoms with Gasteiger partial charge in [0.05, 0.1) is 25.4 Å². The SMILES string of the molecule is CCNC(=NCc1ccnc(N2CCOC(C)C2)c1)NCCC(OCC)C(C)C.I. The molecule has 1 fully saturated rings. The summed E-state index contributed by atoms with van der Waals surface area (Å²) in [7, 11) is 0. The van der Waals surface area contributed by atoms with Crippen LogP contribution in [0.15, 0.2) is 23.3 Å². The number of nitrogens with one attached hydrogen (secondary N) is 2. The number of hydrogen-bond donors (Lipinski definition) is 2. The molecule has 30 heavy (non-hydrogen) atoms. The molecule has 8 heteroatoms. The Hall–Kier alpha value is -1.13. The van der Waals surface area contributed by atoms with Crippen molar-refractivity contribution in [3.05, 3.63) is 23.9 Å². The molecule has 0 aromatic carbocycles. The van der Waals surface area contributed by atoms with E-state index in [0.717, 1.165) is 63.2 Å². The molecule has 1 aliphatic rings. The standard InChI is InChI=1S/C22H39N5O2.HI/c1-6-23-22(25-11-9-20(17(3)4)28-7-2)26-15-19-8-10-24-21(14-19)27-12-13-29-18(5)16-27;/h8,10,14,17-18,20H,6-7,9,11-13,15-16H2,1-5H3,(H2,23,25,26);1H. The largest absolute Gasteiger partial charge is 0.378 e. The second-order valence-electron chi connectivity index (χ2n) is 7.80. The minimum Gasteiger partial charge on any atom is -0.378 e. The third-order valence-corrected chi connectivity index (χ3v) is 4.98. The molecule has 0 radical (unpaired) electrons. The van der Waals surface area contributed by atoms with Gasteiger partial charge in [-0.2, -0.15) is 0 Å². The molecule has 2 heterocycles. The first-order valence-electron chi connectivity index (χ1n) is 11.0. The third-order valence-electron chi connectivity index (χ3n) is 4.98. The Kier molecular flexibility index (Phi) is 13.3. The molecule has 0 saturated carbocycles. The molecule has 1 aromatic heterocycles. The molecule has 2 rings (SSSR count). The molecule has 0 bridgehead atoms. The van der Waals surface area contributed by atoms with E-state index in [9.17, 15) is 0 Å². The molecule has 2 atom stereocenters. The van der Waals surface area contributed by atoms with Crippen molar-refractivity contribution < 1.29 is 9.47 Å². The van der Waals surface area contributed by atoms with Crippen LogP contribution < -0.4 is 15.5 Å². The highest BCUT2D eigenvalue weighted by molar-refractivity contribution is 14.0. The molecule has 0 spiro atoms. The predicted molar refractivity (Wildman–Crippen MR) is 135 cm³/mol. The van der Waals surface area contributed by atoms with Crippen LogP contribution in [0.25, 0.3) is 0 Å². The lowest BCUT2D eigenvalue weighted by atomic mass is 10.0. The molecular formula is C22H40IN5O2. The maximum Gasteiger partial charge on any atom is 0.191 e. The lowest BCUT2D eigenvalue weighted by Gasteiger charge is -2.32. The number of nitrogens with zero attached hydrogens (tertiary/aromatic N) is 3. The molecular weight excluding hydrogens is 493 g/mol. The number of aromatic nitrogens is 1. The van der Waals surface area contributed by atoms with Gasteiger partial charge in [0.2, 0.25) is 0 Å². The fraction of sp³-hybridized carbons (Fsp3) is 0.727. The van der Waals surface area contributed by atoms with Crippen LogP contribution in [0.3, 0.4) is 0 Å². The highest BCUT2D eigenvalue weighted by Gasteiger charge is 2.18. The lowest BCUT2D eigenvalue weighted by Crippen LogP contribution is -2.41. The van der Waals surface area contributed by atoms with E-state index in [1.807, 2.05) is 12.3 Å². The van der Waals surface area contributed by atoms with E-state index < -0.39 is 0 Å². The van der Waals surface area contributed by atoms with Crippen LogP contribution in [0.1, 0.15) is 46.6 Å². The summed E-state index contributed by atoms with van der Waals surface area (Å²) in [6.07, 6.45) is 3.35. The van der Waals surface area contributed by atoms with Crippen LogP contribution in [0.5, 0.6) is 0 Å². The fourth-order valence-corrected chi connectivity index (χ4v) is 3.43. The van der Waals surface area contributed by atoms with E-state index in [-0.39, 0.29) is 36.2 Å². The van der Waals surface area contributed by atoms with Crippen molar-refractivity contribution in [3.8, 4) is 0 Å². The van der Waals surface area contributed by atoms with E-state index in [1.165, 1.54) is 0 Å². The van der Waals surface area contributed by atoms with E-state index in [2.05, 4.69) is 61.2 Å². The minimum atomic E-state index is 0. The van der Waals surface area contributed by atoms with Gasteiger partial charge in [-0.05, 0) is 50.8 Å². The van der Waals surface area contributed by atoms with Gasteiger partial charge in [0, 0.05) is 39.0 Å². The second-order valence-corrected chi connectivity index (χ2v) is 7.80. The molecule has 172 valence electrons.